The third kappa shape index (κ3) is 3.29. The van der Waals surface area contributed by atoms with Crippen LogP contribution in [0.15, 0.2) is 29.6 Å². The predicted molar refractivity (Wildman–Crippen MR) is 104 cm³/mol. The number of nitro groups is 1. The number of aromatic nitrogens is 3. The molecule has 0 saturated carbocycles. The van der Waals surface area contributed by atoms with E-state index in [4.69, 9.17) is 5.10 Å². The number of hydrogen-bond donors (Lipinski definition) is 1. The van der Waals surface area contributed by atoms with Gasteiger partial charge in [-0.1, -0.05) is 0 Å². The summed E-state index contributed by atoms with van der Waals surface area (Å²) in [6.45, 7) is 1.92. The molecule has 9 heteroatoms. The predicted octanol–water partition coefficient (Wildman–Crippen LogP) is 4.11. The van der Waals surface area contributed by atoms with E-state index in [2.05, 4.69) is 4.98 Å². The number of carbonyl (C=O) groups is 1. The molecule has 1 atom stereocenters. The largest absolute Gasteiger partial charge is 0.481 e. The molecule has 1 aliphatic carbocycles. The number of carboxylic acids is 1. The van der Waals surface area contributed by atoms with E-state index in [0.29, 0.717) is 5.69 Å². The third-order valence-electron chi connectivity index (χ3n) is 4.96. The van der Waals surface area contributed by atoms with Gasteiger partial charge in [0.05, 0.1) is 28.4 Å². The van der Waals surface area contributed by atoms with Gasteiger partial charge in [-0.05, 0) is 44.2 Å². The highest BCUT2D eigenvalue weighted by Crippen LogP contribution is 2.41. The fourth-order valence-electron chi connectivity index (χ4n) is 3.76. The summed E-state index contributed by atoms with van der Waals surface area (Å²) in [5.74, 6) is -0.980. The number of fused-ring (bicyclic) bond motifs is 1. The van der Waals surface area contributed by atoms with Crippen molar-refractivity contribution in [1.29, 1.82) is 0 Å². The first-order valence-corrected chi connectivity index (χ1v) is 9.83. The second kappa shape index (κ2) is 7.16. The summed E-state index contributed by atoms with van der Waals surface area (Å²) in [4.78, 5) is 26.5. The number of aryl methyl sites for hydroxylation is 1. The molecule has 28 heavy (non-hydrogen) atoms. The van der Waals surface area contributed by atoms with Gasteiger partial charge >= 0.3 is 5.97 Å². The molecule has 1 aliphatic rings. The standard InChI is InChI=1S/C19H18N4O4S/c1-11-10-28-19(20-11)22-15-4-2-3-13(9-16(24)25)17(15)18(21-22)12-5-7-14(8-6-12)23(26)27/h5-8,10,13H,2-4,9H2,1H3,(H,24,25). The van der Waals surface area contributed by atoms with Crippen LogP contribution < -0.4 is 0 Å². The van der Waals surface area contributed by atoms with E-state index >= 15 is 0 Å². The second-order valence-corrected chi connectivity index (χ2v) is 7.72. The minimum atomic E-state index is -0.842. The van der Waals surface area contributed by atoms with Gasteiger partial charge in [-0.25, -0.2) is 9.67 Å². The Morgan fingerprint density at radius 2 is 2.14 bits per heavy atom. The molecule has 0 fully saturated rings. The average molecular weight is 398 g/mol. The zero-order valence-electron chi connectivity index (χ0n) is 15.2. The van der Waals surface area contributed by atoms with Crippen molar-refractivity contribution in [2.45, 2.75) is 38.5 Å². The highest BCUT2D eigenvalue weighted by Gasteiger charge is 2.31. The molecule has 144 valence electrons. The van der Waals surface area contributed by atoms with Crippen LogP contribution in [-0.2, 0) is 11.2 Å². The molecule has 0 amide bonds. The molecule has 1 aromatic carbocycles. The number of carboxylic acid groups (broad SMARTS) is 1. The lowest BCUT2D eigenvalue weighted by molar-refractivity contribution is -0.384. The Bertz CT molecular complexity index is 1050. The number of nitrogens with zero attached hydrogens (tertiary/aromatic N) is 4. The third-order valence-corrected chi connectivity index (χ3v) is 5.89. The molecule has 2 heterocycles. The van der Waals surface area contributed by atoms with Crippen molar-refractivity contribution in [2.75, 3.05) is 0 Å². The van der Waals surface area contributed by atoms with E-state index < -0.39 is 10.9 Å². The number of aliphatic carboxylic acids is 1. The van der Waals surface area contributed by atoms with Crippen LogP contribution in [-0.4, -0.2) is 30.8 Å². The fraction of sp³-hybridized carbons (Fsp3) is 0.316. The maximum atomic E-state index is 11.4. The van der Waals surface area contributed by atoms with Gasteiger partial charge in [0.25, 0.3) is 5.69 Å². The van der Waals surface area contributed by atoms with Gasteiger partial charge in [-0.15, -0.1) is 11.3 Å². The molecule has 0 spiro atoms. The minimum Gasteiger partial charge on any atom is -0.481 e. The topological polar surface area (TPSA) is 111 Å². The fourth-order valence-corrected chi connectivity index (χ4v) is 4.54. The Hall–Kier alpha value is -3.07. The molecule has 0 radical (unpaired) electrons. The number of rotatable bonds is 5. The molecular weight excluding hydrogens is 380 g/mol. The van der Waals surface area contributed by atoms with Crippen LogP contribution in [0.3, 0.4) is 0 Å². The van der Waals surface area contributed by atoms with Gasteiger partial charge in [0, 0.05) is 28.6 Å². The second-order valence-electron chi connectivity index (χ2n) is 6.88. The van der Waals surface area contributed by atoms with Crippen molar-refractivity contribution < 1.29 is 14.8 Å². The van der Waals surface area contributed by atoms with Gasteiger partial charge in [0.1, 0.15) is 0 Å². The lowest BCUT2D eigenvalue weighted by Gasteiger charge is -2.22. The van der Waals surface area contributed by atoms with E-state index in [-0.39, 0.29) is 18.0 Å². The first kappa shape index (κ1) is 18.3. The molecule has 4 rings (SSSR count). The summed E-state index contributed by atoms with van der Waals surface area (Å²) in [6, 6.07) is 6.24. The molecular formula is C19H18N4O4S. The zero-order chi connectivity index (χ0) is 19.8. The van der Waals surface area contributed by atoms with Crippen LogP contribution in [0, 0.1) is 17.0 Å². The zero-order valence-corrected chi connectivity index (χ0v) is 16.0. The monoisotopic (exact) mass is 398 g/mol. The molecule has 3 aromatic rings. The molecule has 1 N–H and O–H groups in total. The van der Waals surface area contributed by atoms with E-state index in [1.807, 2.05) is 17.0 Å². The molecule has 0 bridgehead atoms. The summed E-state index contributed by atoms with van der Waals surface area (Å²) in [5, 5.41) is 27.8. The van der Waals surface area contributed by atoms with Crippen molar-refractivity contribution in [3.05, 3.63) is 56.7 Å². The summed E-state index contributed by atoms with van der Waals surface area (Å²) in [7, 11) is 0. The van der Waals surface area contributed by atoms with Crippen LogP contribution in [0.25, 0.3) is 16.4 Å². The van der Waals surface area contributed by atoms with Gasteiger partial charge in [0.15, 0.2) is 0 Å². The normalized spacial score (nSPS) is 16.0. The molecule has 0 aliphatic heterocycles. The number of benzene rings is 1. The van der Waals surface area contributed by atoms with Crippen LogP contribution in [0.1, 0.15) is 42.1 Å². The summed E-state index contributed by atoms with van der Waals surface area (Å²) in [6.07, 6.45) is 2.50. The maximum Gasteiger partial charge on any atom is 0.303 e. The Labute approximate surface area is 164 Å². The van der Waals surface area contributed by atoms with E-state index in [1.165, 1.54) is 23.5 Å². The van der Waals surface area contributed by atoms with Crippen molar-refractivity contribution in [1.82, 2.24) is 14.8 Å². The van der Waals surface area contributed by atoms with Gasteiger partial charge in [0.2, 0.25) is 5.13 Å². The first-order valence-electron chi connectivity index (χ1n) is 8.95. The van der Waals surface area contributed by atoms with E-state index in [1.54, 1.807) is 12.1 Å². The quantitative estimate of drug-likeness (QED) is 0.511. The molecule has 2 aromatic heterocycles. The summed E-state index contributed by atoms with van der Waals surface area (Å²) in [5.41, 5.74) is 4.25. The van der Waals surface area contributed by atoms with Gasteiger partial charge in [-0.3, -0.25) is 14.9 Å². The highest BCUT2D eigenvalue weighted by molar-refractivity contribution is 7.12. The van der Waals surface area contributed by atoms with Crippen LogP contribution >= 0.6 is 11.3 Å². The first-order chi connectivity index (χ1) is 13.4. The minimum absolute atomic E-state index is 0.00897. The van der Waals surface area contributed by atoms with Crippen molar-refractivity contribution in [2.24, 2.45) is 0 Å². The number of thiazole rings is 1. The number of non-ortho nitro benzene ring substituents is 1. The average Bonchev–Trinajstić information content (AvgIpc) is 3.25. The maximum absolute atomic E-state index is 11.4. The lowest BCUT2D eigenvalue weighted by atomic mass is 9.82. The van der Waals surface area contributed by atoms with Crippen molar-refractivity contribution in [3.63, 3.8) is 0 Å². The molecule has 8 nitrogen and oxygen atoms in total. The van der Waals surface area contributed by atoms with Crippen LogP contribution in [0.4, 0.5) is 5.69 Å². The smallest absolute Gasteiger partial charge is 0.303 e. The lowest BCUT2D eigenvalue weighted by Crippen LogP contribution is -2.15. The number of hydrogen-bond acceptors (Lipinski definition) is 6. The Morgan fingerprint density at radius 3 is 2.75 bits per heavy atom. The van der Waals surface area contributed by atoms with Gasteiger partial charge in [-0.2, -0.15) is 5.10 Å². The molecule has 1 unspecified atom stereocenters. The van der Waals surface area contributed by atoms with Crippen molar-refractivity contribution in [3.8, 4) is 16.4 Å². The highest BCUT2D eigenvalue weighted by atomic mass is 32.1. The van der Waals surface area contributed by atoms with Crippen LogP contribution in [0.2, 0.25) is 0 Å². The van der Waals surface area contributed by atoms with Crippen LogP contribution in [0.5, 0.6) is 0 Å². The Balaban J connectivity index is 1.88. The van der Waals surface area contributed by atoms with E-state index in [9.17, 15) is 20.0 Å². The Morgan fingerprint density at radius 1 is 1.39 bits per heavy atom. The molecule has 0 saturated heterocycles. The van der Waals surface area contributed by atoms with E-state index in [0.717, 1.165) is 46.9 Å². The van der Waals surface area contributed by atoms with Crippen molar-refractivity contribution >= 4 is 23.0 Å². The van der Waals surface area contributed by atoms with Gasteiger partial charge < -0.3 is 5.11 Å². The Kier molecular flexibility index (Phi) is 4.68. The SMILES string of the molecule is Cc1csc(-n2nc(-c3ccc([N+](=O)[O-])cc3)c3c2CCCC3CC(=O)O)n1. The summed E-state index contributed by atoms with van der Waals surface area (Å²) >= 11 is 1.49. The summed E-state index contributed by atoms with van der Waals surface area (Å²) < 4.78 is 1.82. The number of nitro benzene ring substituents is 1.